The zero-order valence-electron chi connectivity index (χ0n) is 16.4. The predicted molar refractivity (Wildman–Crippen MR) is 110 cm³/mol. The number of piperidine rings is 1. The molecule has 1 aromatic heterocycles. The summed E-state index contributed by atoms with van der Waals surface area (Å²) in [6, 6.07) is 15.0. The molecule has 5 rings (SSSR count). The van der Waals surface area contributed by atoms with Gasteiger partial charge in [-0.25, -0.2) is 0 Å². The maximum absolute atomic E-state index is 13.6. The molecule has 1 unspecified atom stereocenters. The summed E-state index contributed by atoms with van der Waals surface area (Å²) in [4.78, 5) is 20.4. The monoisotopic (exact) mass is 375 g/mol. The largest absolute Gasteiger partial charge is 0.342 e. The molecule has 1 spiro atoms. The molecule has 2 saturated heterocycles. The minimum Gasteiger partial charge on any atom is -0.342 e. The summed E-state index contributed by atoms with van der Waals surface area (Å²) in [5, 5.41) is 3.55. The van der Waals surface area contributed by atoms with Crippen molar-refractivity contribution in [2.24, 2.45) is 5.92 Å². The van der Waals surface area contributed by atoms with Gasteiger partial charge in [0.15, 0.2) is 0 Å². The highest BCUT2D eigenvalue weighted by Gasteiger charge is 2.51. The van der Waals surface area contributed by atoms with E-state index in [1.165, 1.54) is 16.8 Å². The number of likely N-dealkylation sites (tertiary alicyclic amines) is 1. The van der Waals surface area contributed by atoms with Gasteiger partial charge in [-0.15, -0.1) is 0 Å². The van der Waals surface area contributed by atoms with Crippen LogP contribution in [0.25, 0.3) is 0 Å². The predicted octanol–water partition coefficient (Wildman–Crippen LogP) is 3.28. The van der Waals surface area contributed by atoms with E-state index < -0.39 is 0 Å². The average Bonchev–Trinajstić information content (AvgIpc) is 3.18. The van der Waals surface area contributed by atoms with E-state index in [9.17, 15) is 4.79 Å². The highest BCUT2D eigenvalue weighted by molar-refractivity contribution is 5.82. The molecule has 1 aromatic carbocycles. The molecule has 0 radical (unpaired) electrons. The van der Waals surface area contributed by atoms with Gasteiger partial charge in [0.05, 0.1) is 5.92 Å². The van der Waals surface area contributed by atoms with Crippen molar-refractivity contribution in [2.75, 3.05) is 26.2 Å². The zero-order chi connectivity index (χ0) is 19.0. The third-order valence-corrected chi connectivity index (χ3v) is 7.29. The maximum Gasteiger partial charge on any atom is 0.227 e. The number of aromatic nitrogens is 1. The van der Waals surface area contributed by atoms with Crippen molar-refractivity contribution in [1.82, 2.24) is 15.2 Å². The van der Waals surface area contributed by atoms with Gasteiger partial charge in [-0.05, 0) is 55.2 Å². The molecule has 2 fully saturated rings. The van der Waals surface area contributed by atoms with Crippen molar-refractivity contribution in [3.05, 3.63) is 65.5 Å². The smallest absolute Gasteiger partial charge is 0.227 e. The topological polar surface area (TPSA) is 45.2 Å². The van der Waals surface area contributed by atoms with Crippen molar-refractivity contribution in [3.63, 3.8) is 0 Å². The number of nitrogens with zero attached hydrogens (tertiary/aromatic N) is 2. The van der Waals surface area contributed by atoms with Gasteiger partial charge in [-0.1, -0.05) is 36.4 Å². The summed E-state index contributed by atoms with van der Waals surface area (Å²) in [5.41, 5.74) is 3.89. The average molecular weight is 376 g/mol. The summed E-state index contributed by atoms with van der Waals surface area (Å²) in [6.07, 6.45) is 7.30. The van der Waals surface area contributed by atoms with E-state index in [0.29, 0.717) is 11.8 Å². The van der Waals surface area contributed by atoms with Crippen LogP contribution >= 0.6 is 0 Å². The lowest BCUT2D eigenvalue weighted by atomic mass is 9.65. The summed E-state index contributed by atoms with van der Waals surface area (Å²) >= 11 is 0. The van der Waals surface area contributed by atoms with E-state index in [4.69, 9.17) is 0 Å². The minimum absolute atomic E-state index is 0.0454. The first-order chi connectivity index (χ1) is 13.8. The fraction of sp³-hybridized carbons (Fsp3) is 0.500. The van der Waals surface area contributed by atoms with Crippen LogP contribution in [0.5, 0.6) is 0 Å². The molecule has 146 valence electrons. The molecule has 28 heavy (non-hydrogen) atoms. The number of nitrogens with one attached hydrogen (secondary N) is 1. The van der Waals surface area contributed by atoms with Crippen molar-refractivity contribution in [2.45, 2.75) is 43.4 Å². The van der Waals surface area contributed by atoms with Crippen molar-refractivity contribution >= 4 is 5.91 Å². The Morgan fingerprint density at radius 2 is 1.93 bits per heavy atom. The molecule has 2 atom stereocenters. The lowest BCUT2D eigenvalue weighted by Crippen LogP contribution is -2.49. The Morgan fingerprint density at radius 3 is 2.75 bits per heavy atom. The first-order valence-electron chi connectivity index (χ1n) is 10.8. The normalized spacial score (nSPS) is 27.7. The first-order valence-corrected chi connectivity index (χ1v) is 10.8. The van der Waals surface area contributed by atoms with Crippen LogP contribution in [-0.4, -0.2) is 42.0 Å². The van der Waals surface area contributed by atoms with Gasteiger partial charge in [0.2, 0.25) is 5.91 Å². The van der Waals surface area contributed by atoms with Crippen LogP contribution in [0, 0.1) is 5.92 Å². The van der Waals surface area contributed by atoms with Gasteiger partial charge in [0.25, 0.3) is 0 Å². The summed E-state index contributed by atoms with van der Waals surface area (Å²) in [7, 11) is 0. The minimum atomic E-state index is -0.0603. The summed E-state index contributed by atoms with van der Waals surface area (Å²) in [5.74, 6) is 0.984. The number of amides is 1. The van der Waals surface area contributed by atoms with Gasteiger partial charge >= 0.3 is 0 Å². The van der Waals surface area contributed by atoms with Gasteiger partial charge in [0.1, 0.15) is 0 Å². The highest BCUT2D eigenvalue weighted by atomic mass is 16.2. The van der Waals surface area contributed by atoms with E-state index in [0.717, 1.165) is 58.3 Å². The number of carbonyl (C=O) groups excluding carboxylic acids is 1. The number of hydrogen-bond acceptors (Lipinski definition) is 3. The van der Waals surface area contributed by atoms with Gasteiger partial charge in [0, 0.05) is 43.5 Å². The van der Waals surface area contributed by atoms with E-state index >= 15 is 0 Å². The summed E-state index contributed by atoms with van der Waals surface area (Å²) < 4.78 is 0. The molecule has 4 nitrogen and oxygen atoms in total. The molecule has 1 aliphatic carbocycles. The lowest BCUT2D eigenvalue weighted by Gasteiger charge is -2.42. The van der Waals surface area contributed by atoms with E-state index in [2.05, 4.69) is 51.6 Å². The van der Waals surface area contributed by atoms with E-state index in [1.54, 1.807) is 0 Å². The Kier molecular flexibility index (Phi) is 4.67. The maximum atomic E-state index is 13.6. The molecule has 2 aliphatic heterocycles. The van der Waals surface area contributed by atoms with Crippen LogP contribution in [0.3, 0.4) is 0 Å². The van der Waals surface area contributed by atoms with Crippen LogP contribution in [0.4, 0.5) is 0 Å². The van der Waals surface area contributed by atoms with E-state index in [-0.39, 0.29) is 11.3 Å². The number of rotatable bonds is 2. The van der Waals surface area contributed by atoms with E-state index in [1.807, 2.05) is 12.3 Å². The van der Waals surface area contributed by atoms with Gasteiger partial charge in [-0.2, -0.15) is 0 Å². The van der Waals surface area contributed by atoms with Crippen LogP contribution in [-0.2, 0) is 16.6 Å². The molecular weight excluding hydrogens is 346 g/mol. The highest BCUT2D eigenvalue weighted by Crippen LogP contribution is 2.45. The molecule has 0 saturated carbocycles. The second kappa shape index (κ2) is 7.32. The fourth-order valence-corrected chi connectivity index (χ4v) is 5.80. The fourth-order valence-electron chi connectivity index (χ4n) is 5.80. The molecule has 1 N–H and O–H groups in total. The Labute approximate surface area is 167 Å². The van der Waals surface area contributed by atoms with Gasteiger partial charge < -0.3 is 10.2 Å². The Balaban J connectivity index is 1.34. The SMILES string of the molecule is O=C(C1CNC[C@]12CCCc1ncccc12)N1CCC(c2ccccc2)CC1. The van der Waals surface area contributed by atoms with Crippen LogP contribution in [0.1, 0.15) is 48.4 Å². The molecule has 2 aromatic rings. The molecule has 4 heteroatoms. The third-order valence-electron chi connectivity index (χ3n) is 7.29. The van der Waals surface area contributed by atoms with Crippen LogP contribution < -0.4 is 5.32 Å². The first kappa shape index (κ1) is 17.9. The number of benzene rings is 1. The van der Waals surface area contributed by atoms with Crippen LogP contribution in [0.2, 0.25) is 0 Å². The Bertz CT molecular complexity index is 844. The quantitative estimate of drug-likeness (QED) is 0.876. The molecule has 3 aliphatic rings. The second-order valence-electron chi connectivity index (χ2n) is 8.70. The molecule has 1 amide bonds. The summed E-state index contributed by atoms with van der Waals surface area (Å²) in [6.45, 7) is 3.46. The molecule has 0 bridgehead atoms. The standard InChI is InChI=1S/C24H29N3O/c28-23(27-14-10-19(11-15-27)18-6-2-1-3-7-18)21-16-25-17-24(21)12-4-9-22-20(24)8-5-13-26-22/h1-3,5-8,13,19,21,25H,4,9-12,14-17H2/t21?,24-/m0/s1. The Morgan fingerprint density at radius 1 is 1.11 bits per heavy atom. The van der Waals surface area contributed by atoms with Crippen molar-refractivity contribution in [3.8, 4) is 0 Å². The van der Waals surface area contributed by atoms with Crippen molar-refractivity contribution < 1.29 is 4.79 Å². The number of carbonyl (C=O) groups is 1. The van der Waals surface area contributed by atoms with Crippen LogP contribution in [0.15, 0.2) is 48.7 Å². The molecular formula is C24H29N3O. The van der Waals surface area contributed by atoms with Crippen molar-refractivity contribution in [1.29, 1.82) is 0 Å². The second-order valence-corrected chi connectivity index (χ2v) is 8.70. The lowest BCUT2D eigenvalue weighted by molar-refractivity contribution is -0.138. The Hall–Kier alpha value is -2.20. The number of fused-ring (bicyclic) bond motifs is 2. The number of pyridine rings is 1. The van der Waals surface area contributed by atoms with Gasteiger partial charge in [-0.3, -0.25) is 9.78 Å². The third kappa shape index (κ3) is 2.95. The molecule has 3 heterocycles. The number of aryl methyl sites for hydroxylation is 1. The zero-order valence-corrected chi connectivity index (χ0v) is 16.4. The number of hydrogen-bond donors (Lipinski definition) is 1.